The summed E-state index contributed by atoms with van der Waals surface area (Å²) in [5.41, 5.74) is 2.90. The summed E-state index contributed by atoms with van der Waals surface area (Å²) >= 11 is 0. The van der Waals surface area contributed by atoms with Gasteiger partial charge in [-0.05, 0) is 66.9 Å². The van der Waals surface area contributed by atoms with Crippen LogP contribution in [0.4, 0.5) is 0 Å². The molecule has 4 aromatic rings. The van der Waals surface area contributed by atoms with Crippen molar-refractivity contribution in [2.75, 3.05) is 20.3 Å². The Morgan fingerprint density at radius 1 is 1.05 bits per heavy atom. The Morgan fingerprint density at radius 3 is 2.55 bits per heavy atom. The number of methoxy groups -OCH3 is 1. The summed E-state index contributed by atoms with van der Waals surface area (Å²) in [7, 11) is 1.54. The van der Waals surface area contributed by atoms with Gasteiger partial charge in [-0.3, -0.25) is 9.59 Å². The number of fused-ring (bicyclic) bond motifs is 1. The van der Waals surface area contributed by atoms with E-state index in [0.717, 1.165) is 16.5 Å². The average Bonchev–Trinajstić information content (AvgIpc) is 3.46. The van der Waals surface area contributed by atoms with E-state index in [1.165, 1.54) is 18.1 Å². The first kappa shape index (κ1) is 25.0. The Hall–Kier alpha value is -4.72. The average molecular weight is 513 g/mol. The monoisotopic (exact) mass is 512 g/mol. The molecule has 1 aliphatic rings. The van der Waals surface area contributed by atoms with Crippen molar-refractivity contribution >= 4 is 28.4 Å². The van der Waals surface area contributed by atoms with E-state index in [1.54, 1.807) is 43.3 Å². The smallest absolute Gasteiger partial charge is 0.295 e. The number of phenolic OH excluding ortho intramolecular Hbond substituents is 1. The summed E-state index contributed by atoms with van der Waals surface area (Å²) in [5.74, 6) is -0.976. The van der Waals surface area contributed by atoms with E-state index in [4.69, 9.17) is 9.47 Å². The molecule has 3 N–H and O–H groups in total. The first-order chi connectivity index (χ1) is 18.4. The molecule has 0 saturated carbocycles. The minimum absolute atomic E-state index is 0.0211. The summed E-state index contributed by atoms with van der Waals surface area (Å²) in [6, 6.07) is 18.3. The molecule has 1 saturated heterocycles. The number of ketones is 1. The number of nitrogens with one attached hydrogen (secondary N) is 1. The number of Topliss-reactive ketones (excluding diaryl/α,β-unsaturated/α-hetero) is 1. The number of aromatic hydroxyl groups is 1. The fourth-order valence-electron chi connectivity index (χ4n) is 4.91. The number of benzene rings is 3. The molecular weight excluding hydrogens is 484 g/mol. The van der Waals surface area contributed by atoms with Gasteiger partial charge in [0, 0.05) is 29.2 Å². The molecular formula is C30H28N2O6. The van der Waals surface area contributed by atoms with Crippen molar-refractivity contribution in [2.45, 2.75) is 19.4 Å². The summed E-state index contributed by atoms with van der Waals surface area (Å²) < 4.78 is 10.8. The van der Waals surface area contributed by atoms with Crippen LogP contribution in [-0.4, -0.2) is 52.0 Å². The topological polar surface area (TPSA) is 112 Å². The summed E-state index contributed by atoms with van der Waals surface area (Å²) in [6.07, 6.45) is 2.40. The molecule has 0 aliphatic carbocycles. The van der Waals surface area contributed by atoms with Crippen molar-refractivity contribution in [1.82, 2.24) is 9.88 Å². The SMILES string of the molecule is CCOc1cc([C@H]2C(=C(O)c3ccc(OC)cc3)C(=O)C(=O)N2CCc2c[nH]c3ccccc23)ccc1O. The number of aliphatic hydroxyl groups is 1. The number of rotatable bonds is 8. The summed E-state index contributed by atoms with van der Waals surface area (Å²) in [4.78, 5) is 31.4. The highest BCUT2D eigenvalue weighted by molar-refractivity contribution is 6.46. The molecule has 194 valence electrons. The third kappa shape index (κ3) is 4.45. The van der Waals surface area contributed by atoms with Crippen molar-refractivity contribution in [3.05, 3.63) is 95.2 Å². The van der Waals surface area contributed by atoms with Crippen molar-refractivity contribution in [1.29, 1.82) is 0 Å². The Bertz CT molecular complexity index is 1540. The maximum atomic E-state index is 13.4. The van der Waals surface area contributed by atoms with Crippen molar-refractivity contribution in [3.8, 4) is 17.2 Å². The van der Waals surface area contributed by atoms with Crippen LogP contribution in [0.25, 0.3) is 16.7 Å². The van der Waals surface area contributed by atoms with E-state index in [2.05, 4.69) is 4.98 Å². The number of phenols is 1. The first-order valence-electron chi connectivity index (χ1n) is 12.4. The molecule has 5 rings (SSSR count). The fraction of sp³-hybridized carbons (Fsp3) is 0.200. The highest BCUT2D eigenvalue weighted by Gasteiger charge is 2.46. The molecule has 0 radical (unpaired) electrons. The van der Waals surface area contributed by atoms with Crippen LogP contribution in [-0.2, 0) is 16.0 Å². The van der Waals surface area contributed by atoms with Crippen LogP contribution in [0.15, 0.2) is 78.5 Å². The van der Waals surface area contributed by atoms with Gasteiger partial charge in [-0.25, -0.2) is 0 Å². The third-order valence-corrected chi connectivity index (χ3v) is 6.80. The van der Waals surface area contributed by atoms with Gasteiger partial charge in [0.05, 0.1) is 25.3 Å². The normalized spacial score (nSPS) is 16.8. The maximum Gasteiger partial charge on any atom is 0.295 e. The Morgan fingerprint density at radius 2 is 1.82 bits per heavy atom. The number of amides is 1. The van der Waals surface area contributed by atoms with Gasteiger partial charge >= 0.3 is 0 Å². The second-order valence-corrected chi connectivity index (χ2v) is 8.99. The van der Waals surface area contributed by atoms with Crippen LogP contribution in [0.1, 0.15) is 29.7 Å². The molecule has 1 aliphatic heterocycles. The largest absolute Gasteiger partial charge is 0.507 e. The molecule has 1 atom stereocenters. The number of ether oxygens (including phenoxy) is 2. The lowest BCUT2D eigenvalue weighted by molar-refractivity contribution is -0.139. The van der Waals surface area contributed by atoms with E-state index >= 15 is 0 Å². The minimum Gasteiger partial charge on any atom is -0.507 e. The summed E-state index contributed by atoms with van der Waals surface area (Å²) in [5, 5.41) is 22.6. The minimum atomic E-state index is -0.873. The van der Waals surface area contributed by atoms with Crippen molar-refractivity contribution in [2.24, 2.45) is 0 Å². The van der Waals surface area contributed by atoms with Gasteiger partial charge in [0.2, 0.25) is 0 Å². The maximum absolute atomic E-state index is 13.4. The second-order valence-electron chi connectivity index (χ2n) is 8.99. The molecule has 1 fully saturated rings. The van der Waals surface area contributed by atoms with Crippen LogP contribution in [0.5, 0.6) is 17.2 Å². The predicted molar refractivity (Wildman–Crippen MR) is 143 cm³/mol. The van der Waals surface area contributed by atoms with Gasteiger partial charge in [-0.15, -0.1) is 0 Å². The number of carbonyl (C=O) groups is 2. The van der Waals surface area contributed by atoms with Crippen LogP contribution >= 0.6 is 0 Å². The molecule has 8 nitrogen and oxygen atoms in total. The lowest BCUT2D eigenvalue weighted by atomic mass is 9.94. The number of H-pyrrole nitrogens is 1. The number of likely N-dealkylation sites (tertiary alicyclic amines) is 1. The van der Waals surface area contributed by atoms with Gasteiger partial charge in [0.25, 0.3) is 11.7 Å². The van der Waals surface area contributed by atoms with E-state index in [1.807, 2.05) is 30.5 Å². The van der Waals surface area contributed by atoms with Crippen LogP contribution < -0.4 is 9.47 Å². The van der Waals surface area contributed by atoms with Gasteiger partial charge in [0.1, 0.15) is 11.5 Å². The zero-order valence-electron chi connectivity index (χ0n) is 21.1. The number of aromatic amines is 1. The first-order valence-corrected chi connectivity index (χ1v) is 12.4. The van der Waals surface area contributed by atoms with Gasteiger partial charge in [-0.1, -0.05) is 24.3 Å². The number of para-hydroxylation sites is 1. The zero-order chi connectivity index (χ0) is 26.8. The predicted octanol–water partition coefficient (Wildman–Crippen LogP) is 4.95. The lowest BCUT2D eigenvalue weighted by Gasteiger charge is -2.26. The van der Waals surface area contributed by atoms with Crippen molar-refractivity contribution < 1.29 is 29.3 Å². The molecule has 1 aromatic heterocycles. The number of aliphatic hydroxyl groups excluding tert-OH is 1. The van der Waals surface area contributed by atoms with Gasteiger partial charge in [-0.2, -0.15) is 0 Å². The van der Waals surface area contributed by atoms with Crippen LogP contribution in [0.2, 0.25) is 0 Å². The highest BCUT2D eigenvalue weighted by Crippen LogP contribution is 2.42. The molecule has 3 aromatic carbocycles. The van der Waals surface area contributed by atoms with Crippen LogP contribution in [0, 0.1) is 0 Å². The van der Waals surface area contributed by atoms with Gasteiger partial charge < -0.3 is 29.6 Å². The van der Waals surface area contributed by atoms with E-state index in [0.29, 0.717) is 29.9 Å². The standard InChI is InChI=1S/C30H28N2O6/c1-3-38-25-16-19(10-13-24(25)33)27-26(28(34)18-8-11-21(37-2)12-9-18)29(35)30(36)32(27)15-14-20-17-31-23-7-5-4-6-22(20)23/h4-13,16-17,27,31,33-34H,3,14-15H2,1-2H3/t27-/m0/s1. The van der Waals surface area contributed by atoms with E-state index < -0.39 is 17.7 Å². The van der Waals surface area contributed by atoms with Gasteiger partial charge in [0.15, 0.2) is 11.5 Å². The lowest BCUT2D eigenvalue weighted by Crippen LogP contribution is -2.31. The molecule has 0 spiro atoms. The quantitative estimate of drug-likeness (QED) is 0.175. The number of aromatic nitrogens is 1. The zero-order valence-corrected chi connectivity index (χ0v) is 21.1. The fourth-order valence-corrected chi connectivity index (χ4v) is 4.91. The number of carbonyl (C=O) groups excluding carboxylic acids is 2. The number of nitrogens with zero attached hydrogens (tertiary/aromatic N) is 1. The number of hydrogen-bond acceptors (Lipinski definition) is 6. The molecule has 8 heteroatoms. The van der Waals surface area contributed by atoms with Crippen molar-refractivity contribution in [3.63, 3.8) is 0 Å². The third-order valence-electron chi connectivity index (χ3n) is 6.80. The molecule has 38 heavy (non-hydrogen) atoms. The molecule has 0 unspecified atom stereocenters. The molecule has 2 heterocycles. The summed E-state index contributed by atoms with van der Waals surface area (Å²) in [6.45, 7) is 2.36. The van der Waals surface area contributed by atoms with E-state index in [9.17, 15) is 19.8 Å². The van der Waals surface area contributed by atoms with Crippen LogP contribution in [0.3, 0.4) is 0 Å². The Kier molecular flexibility index (Phi) is 6.79. The highest BCUT2D eigenvalue weighted by atomic mass is 16.5. The number of hydrogen-bond donors (Lipinski definition) is 3. The van der Waals surface area contributed by atoms with E-state index in [-0.39, 0.29) is 29.4 Å². The molecule has 0 bridgehead atoms. The molecule has 1 amide bonds. The second kappa shape index (κ2) is 10.3. The Labute approximate surface area is 219 Å². The Balaban J connectivity index is 1.58.